The Labute approximate surface area is 168 Å². The molecule has 1 aromatic heterocycles. The zero-order chi connectivity index (χ0) is 20.8. The number of fused-ring (bicyclic) bond motifs is 2. The first-order valence-electron chi connectivity index (χ1n) is 9.05. The summed E-state index contributed by atoms with van der Waals surface area (Å²) in [4.78, 5) is 30.3. The van der Waals surface area contributed by atoms with Crippen molar-refractivity contribution in [2.45, 2.75) is 12.5 Å². The molecule has 2 N–H and O–H groups in total. The summed E-state index contributed by atoms with van der Waals surface area (Å²) in [6, 6.07) is 15.2. The quantitative estimate of drug-likeness (QED) is 0.662. The summed E-state index contributed by atoms with van der Waals surface area (Å²) >= 11 is 0. The SMILES string of the molecule is CN1Cc2ccccc2C(c2ccc3nccnc3c2)C1.O=C(O)/C=C\C(=O)O. The third-order valence-electron chi connectivity index (χ3n) is 4.63. The van der Waals surface area contributed by atoms with Gasteiger partial charge in [-0.3, -0.25) is 9.97 Å². The minimum absolute atomic E-state index is 0.409. The topological polar surface area (TPSA) is 104 Å². The van der Waals surface area contributed by atoms with Crippen LogP contribution in [0.1, 0.15) is 22.6 Å². The molecule has 2 aromatic carbocycles. The van der Waals surface area contributed by atoms with Crippen molar-refractivity contribution in [3.8, 4) is 0 Å². The predicted molar refractivity (Wildman–Crippen MR) is 109 cm³/mol. The fourth-order valence-corrected chi connectivity index (χ4v) is 3.41. The summed E-state index contributed by atoms with van der Waals surface area (Å²) in [5.41, 5.74) is 6.12. The molecule has 148 valence electrons. The van der Waals surface area contributed by atoms with E-state index < -0.39 is 11.9 Å². The second-order valence-corrected chi connectivity index (χ2v) is 6.76. The van der Waals surface area contributed by atoms with E-state index in [9.17, 15) is 9.59 Å². The Morgan fingerprint density at radius 1 is 1.00 bits per heavy atom. The van der Waals surface area contributed by atoms with Crippen molar-refractivity contribution in [1.82, 2.24) is 14.9 Å². The average Bonchev–Trinajstić information content (AvgIpc) is 2.71. The summed E-state index contributed by atoms with van der Waals surface area (Å²) in [5, 5.41) is 15.6. The van der Waals surface area contributed by atoms with Gasteiger partial charge in [0, 0.05) is 43.6 Å². The van der Waals surface area contributed by atoms with Crippen LogP contribution in [0.4, 0.5) is 0 Å². The van der Waals surface area contributed by atoms with Crippen LogP contribution >= 0.6 is 0 Å². The first-order valence-corrected chi connectivity index (χ1v) is 9.05. The molecule has 0 saturated heterocycles. The maximum Gasteiger partial charge on any atom is 0.328 e. The van der Waals surface area contributed by atoms with Gasteiger partial charge < -0.3 is 15.1 Å². The molecule has 7 heteroatoms. The van der Waals surface area contributed by atoms with E-state index in [1.807, 2.05) is 0 Å². The Hall–Kier alpha value is -3.58. The molecule has 0 bridgehead atoms. The molecule has 0 radical (unpaired) electrons. The number of hydrogen-bond acceptors (Lipinski definition) is 5. The smallest absolute Gasteiger partial charge is 0.328 e. The lowest BCUT2D eigenvalue weighted by atomic mass is 9.85. The van der Waals surface area contributed by atoms with E-state index in [0.29, 0.717) is 18.1 Å². The molecule has 4 rings (SSSR count). The number of rotatable bonds is 3. The molecule has 1 aliphatic heterocycles. The lowest BCUT2D eigenvalue weighted by Gasteiger charge is -2.32. The molecule has 0 amide bonds. The summed E-state index contributed by atoms with van der Waals surface area (Å²) < 4.78 is 0. The number of hydrogen-bond donors (Lipinski definition) is 2. The van der Waals surface area contributed by atoms with E-state index in [1.54, 1.807) is 12.4 Å². The van der Waals surface area contributed by atoms with Crippen molar-refractivity contribution in [3.05, 3.63) is 83.7 Å². The summed E-state index contributed by atoms with van der Waals surface area (Å²) in [5.74, 6) is -2.11. The van der Waals surface area contributed by atoms with E-state index >= 15 is 0 Å². The van der Waals surface area contributed by atoms with Crippen LogP contribution in [0.2, 0.25) is 0 Å². The number of carboxylic acids is 2. The van der Waals surface area contributed by atoms with Gasteiger partial charge in [-0.25, -0.2) is 9.59 Å². The van der Waals surface area contributed by atoms with Crippen molar-refractivity contribution in [3.63, 3.8) is 0 Å². The van der Waals surface area contributed by atoms with Crippen LogP contribution in [-0.2, 0) is 16.1 Å². The van der Waals surface area contributed by atoms with Gasteiger partial charge >= 0.3 is 11.9 Å². The van der Waals surface area contributed by atoms with Crippen molar-refractivity contribution >= 4 is 23.0 Å². The lowest BCUT2D eigenvalue weighted by molar-refractivity contribution is -0.134. The molecule has 7 nitrogen and oxygen atoms in total. The Kier molecular flexibility index (Phi) is 6.31. The zero-order valence-electron chi connectivity index (χ0n) is 15.9. The summed E-state index contributed by atoms with van der Waals surface area (Å²) in [7, 11) is 2.18. The van der Waals surface area contributed by atoms with Crippen molar-refractivity contribution in [1.29, 1.82) is 0 Å². The highest BCUT2D eigenvalue weighted by Gasteiger charge is 2.24. The highest BCUT2D eigenvalue weighted by atomic mass is 16.4. The first kappa shape index (κ1) is 20.2. The van der Waals surface area contributed by atoms with E-state index in [1.165, 1.54) is 16.7 Å². The van der Waals surface area contributed by atoms with Gasteiger partial charge in [-0.05, 0) is 35.9 Å². The number of likely N-dealkylation sites (N-methyl/N-ethyl adjacent to an activating group) is 1. The number of aliphatic carboxylic acids is 2. The lowest BCUT2D eigenvalue weighted by Crippen LogP contribution is -2.30. The zero-order valence-corrected chi connectivity index (χ0v) is 15.9. The summed E-state index contributed by atoms with van der Waals surface area (Å²) in [6.07, 6.45) is 4.61. The van der Waals surface area contributed by atoms with Crippen LogP contribution in [0, 0.1) is 0 Å². The Bertz CT molecular complexity index is 1050. The molecule has 29 heavy (non-hydrogen) atoms. The van der Waals surface area contributed by atoms with E-state index in [-0.39, 0.29) is 0 Å². The Balaban J connectivity index is 0.000000258. The molecule has 1 atom stereocenters. The fraction of sp³-hybridized carbons (Fsp3) is 0.182. The first-order chi connectivity index (χ1) is 13.9. The van der Waals surface area contributed by atoms with Gasteiger partial charge in [0.15, 0.2) is 0 Å². The second-order valence-electron chi connectivity index (χ2n) is 6.76. The maximum atomic E-state index is 9.55. The molecule has 0 spiro atoms. The van der Waals surface area contributed by atoms with Crippen LogP contribution in [0.15, 0.2) is 67.0 Å². The Morgan fingerprint density at radius 2 is 1.66 bits per heavy atom. The van der Waals surface area contributed by atoms with Gasteiger partial charge in [0.05, 0.1) is 11.0 Å². The van der Waals surface area contributed by atoms with Gasteiger partial charge in [0.25, 0.3) is 0 Å². The third kappa shape index (κ3) is 5.24. The van der Waals surface area contributed by atoms with Crippen LogP contribution in [0.3, 0.4) is 0 Å². The van der Waals surface area contributed by atoms with Crippen LogP contribution in [0.5, 0.6) is 0 Å². The second kappa shape index (κ2) is 9.07. The van der Waals surface area contributed by atoms with E-state index in [4.69, 9.17) is 10.2 Å². The highest BCUT2D eigenvalue weighted by molar-refractivity contribution is 5.89. The van der Waals surface area contributed by atoms with Crippen molar-refractivity contribution in [2.24, 2.45) is 0 Å². The van der Waals surface area contributed by atoms with E-state index in [2.05, 4.69) is 64.4 Å². The van der Waals surface area contributed by atoms with Gasteiger partial charge in [0.2, 0.25) is 0 Å². The molecule has 2 heterocycles. The largest absolute Gasteiger partial charge is 0.478 e. The van der Waals surface area contributed by atoms with E-state index in [0.717, 1.165) is 24.1 Å². The predicted octanol–water partition coefficient (Wildman–Crippen LogP) is 2.92. The van der Waals surface area contributed by atoms with Crippen LogP contribution in [-0.4, -0.2) is 50.6 Å². The molecule has 3 aromatic rings. The molecule has 0 aliphatic carbocycles. The minimum atomic E-state index is -1.26. The standard InChI is InChI=1S/C18H17N3.C4H4O4/c1-21-11-14-4-2-3-5-15(14)16(12-21)13-6-7-17-18(10-13)20-9-8-19-17;5-3(6)1-2-4(7)8/h2-10,16H,11-12H2,1H3;1-2H,(H,5,6)(H,7,8)/b;2-1-. The molecular weight excluding hydrogens is 370 g/mol. The fourth-order valence-electron chi connectivity index (χ4n) is 3.41. The van der Waals surface area contributed by atoms with Crippen molar-refractivity contribution < 1.29 is 19.8 Å². The Morgan fingerprint density at radius 3 is 2.34 bits per heavy atom. The normalized spacial score (nSPS) is 16.1. The molecule has 0 fully saturated rings. The minimum Gasteiger partial charge on any atom is -0.478 e. The van der Waals surface area contributed by atoms with Crippen LogP contribution in [0.25, 0.3) is 11.0 Å². The summed E-state index contributed by atoms with van der Waals surface area (Å²) in [6.45, 7) is 2.07. The number of carbonyl (C=O) groups is 2. The molecular formula is C22H21N3O4. The number of aromatic nitrogens is 2. The molecule has 1 aliphatic rings. The molecule has 1 unspecified atom stereocenters. The number of nitrogens with zero attached hydrogens (tertiary/aromatic N) is 3. The highest BCUT2D eigenvalue weighted by Crippen LogP contribution is 2.33. The van der Waals surface area contributed by atoms with Crippen molar-refractivity contribution in [2.75, 3.05) is 13.6 Å². The van der Waals surface area contributed by atoms with Gasteiger partial charge in [-0.1, -0.05) is 30.3 Å². The molecule has 0 saturated carbocycles. The van der Waals surface area contributed by atoms with Crippen LogP contribution < -0.4 is 0 Å². The number of carboxylic acid groups (broad SMARTS) is 2. The van der Waals surface area contributed by atoms with Gasteiger partial charge in [-0.15, -0.1) is 0 Å². The van der Waals surface area contributed by atoms with Gasteiger partial charge in [-0.2, -0.15) is 0 Å². The third-order valence-corrected chi connectivity index (χ3v) is 4.63. The number of benzene rings is 2. The van der Waals surface area contributed by atoms with Gasteiger partial charge in [0.1, 0.15) is 0 Å². The average molecular weight is 391 g/mol. The monoisotopic (exact) mass is 391 g/mol. The maximum absolute atomic E-state index is 9.55.